The minimum absolute atomic E-state index is 0.114. The number of nitrogens with zero attached hydrogens (tertiary/aromatic N) is 4. The molecule has 0 unspecified atom stereocenters. The Morgan fingerprint density at radius 3 is 2.67 bits per heavy atom. The zero-order valence-corrected chi connectivity index (χ0v) is 12.2. The first-order valence-corrected chi connectivity index (χ1v) is 7.00. The summed E-state index contributed by atoms with van der Waals surface area (Å²) >= 11 is 0. The maximum atomic E-state index is 13.9. The number of rotatable bonds is 6. The SMILES string of the molecule is CC(C)CCCCn1nnnc1-c1cc(N)c(F)cc1F. The second-order valence-electron chi connectivity index (χ2n) is 5.47. The summed E-state index contributed by atoms with van der Waals surface area (Å²) < 4.78 is 28.6. The standard InChI is InChI=1S/C14H19F2N5/c1-9(2)5-3-4-6-21-14(18-19-20-21)10-7-13(17)12(16)8-11(10)15/h7-9H,3-6,17H2,1-2H3. The van der Waals surface area contributed by atoms with E-state index in [4.69, 9.17) is 5.73 Å². The zero-order chi connectivity index (χ0) is 15.4. The summed E-state index contributed by atoms with van der Waals surface area (Å²) in [6.07, 6.45) is 3.06. The molecular weight excluding hydrogens is 276 g/mol. The third kappa shape index (κ3) is 3.74. The molecule has 0 radical (unpaired) electrons. The number of aryl methyl sites for hydroxylation is 1. The van der Waals surface area contributed by atoms with Crippen LogP contribution in [-0.2, 0) is 6.54 Å². The molecule has 1 aromatic carbocycles. The van der Waals surface area contributed by atoms with E-state index in [1.54, 1.807) is 0 Å². The summed E-state index contributed by atoms with van der Waals surface area (Å²) in [6.45, 7) is 4.92. The highest BCUT2D eigenvalue weighted by Crippen LogP contribution is 2.25. The van der Waals surface area contributed by atoms with Crippen LogP contribution in [0.1, 0.15) is 33.1 Å². The molecule has 0 spiro atoms. The summed E-state index contributed by atoms with van der Waals surface area (Å²) in [6, 6.07) is 1.98. The van der Waals surface area contributed by atoms with Gasteiger partial charge in [0.15, 0.2) is 5.82 Å². The lowest BCUT2D eigenvalue weighted by Gasteiger charge is -2.08. The van der Waals surface area contributed by atoms with Gasteiger partial charge in [-0.1, -0.05) is 26.7 Å². The van der Waals surface area contributed by atoms with E-state index in [2.05, 4.69) is 29.4 Å². The van der Waals surface area contributed by atoms with Crippen molar-refractivity contribution in [1.29, 1.82) is 0 Å². The Labute approximate surface area is 122 Å². The summed E-state index contributed by atoms with van der Waals surface area (Å²) in [5.74, 6) is -0.594. The molecule has 0 bridgehead atoms. The van der Waals surface area contributed by atoms with Gasteiger partial charge in [-0.25, -0.2) is 13.5 Å². The number of nitrogens with two attached hydrogens (primary N) is 1. The van der Waals surface area contributed by atoms with Crippen molar-refractivity contribution in [3.05, 3.63) is 23.8 Å². The smallest absolute Gasteiger partial charge is 0.185 e. The average Bonchev–Trinajstić information content (AvgIpc) is 2.87. The molecule has 5 nitrogen and oxygen atoms in total. The number of aromatic nitrogens is 4. The predicted octanol–water partition coefficient (Wildman–Crippen LogP) is 3.03. The molecule has 114 valence electrons. The Balaban J connectivity index is 2.15. The van der Waals surface area contributed by atoms with Crippen LogP contribution >= 0.6 is 0 Å². The fourth-order valence-corrected chi connectivity index (χ4v) is 2.10. The number of tetrazole rings is 1. The number of unbranched alkanes of at least 4 members (excludes halogenated alkanes) is 1. The molecule has 21 heavy (non-hydrogen) atoms. The first kappa shape index (κ1) is 15.3. The monoisotopic (exact) mass is 295 g/mol. The van der Waals surface area contributed by atoms with Crippen LogP contribution < -0.4 is 5.73 Å². The van der Waals surface area contributed by atoms with Gasteiger partial charge in [-0.2, -0.15) is 0 Å². The number of hydrogen-bond acceptors (Lipinski definition) is 4. The van der Waals surface area contributed by atoms with Crippen molar-refractivity contribution in [3.8, 4) is 11.4 Å². The van der Waals surface area contributed by atoms with Crippen LogP contribution in [0.4, 0.5) is 14.5 Å². The van der Waals surface area contributed by atoms with E-state index in [9.17, 15) is 8.78 Å². The Morgan fingerprint density at radius 1 is 1.19 bits per heavy atom. The molecule has 2 N–H and O–H groups in total. The van der Waals surface area contributed by atoms with Crippen molar-refractivity contribution in [2.75, 3.05) is 5.73 Å². The largest absolute Gasteiger partial charge is 0.396 e. The third-order valence-electron chi connectivity index (χ3n) is 3.26. The average molecular weight is 295 g/mol. The van der Waals surface area contributed by atoms with E-state index in [-0.39, 0.29) is 17.1 Å². The lowest BCUT2D eigenvalue weighted by molar-refractivity contribution is 0.486. The highest BCUT2D eigenvalue weighted by molar-refractivity contribution is 5.62. The quantitative estimate of drug-likeness (QED) is 0.657. The number of benzene rings is 1. The van der Waals surface area contributed by atoms with Gasteiger partial charge in [0, 0.05) is 12.6 Å². The molecule has 2 aromatic rings. The summed E-state index contributed by atoms with van der Waals surface area (Å²) in [5, 5.41) is 11.2. The van der Waals surface area contributed by atoms with Crippen molar-refractivity contribution in [2.24, 2.45) is 5.92 Å². The molecule has 0 aliphatic carbocycles. The van der Waals surface area contributed by atoms with Crippen molar-refractivity contribution < 1.29 is 8.78 Å². The van der Waals surface area contributed by atoms with E-state index in [0.29, 0.717) is 12.5 Å². The van der Waals surface area contributed by atoms with Gasteiger partial charge in [0.1, 0.15) is 11.6 Å². The highest BCUT2D eigenvalue weighted by atomic mass is 19.1. The van der Waals surface area contributed by atoms with Crippen molar-refractivity contribution in [3.63, 3.8) is 0 Å². The van der Waals surface area contributed by atoms with Gasteiger partial charge in [-0.05, 0) is 28.8 Å². The highest BCUT2D eigenvalue weighted by Gasteiger charge is 2.16. The topological polar surface area (TPSA) is 69.6 Å². The lowest BCUT2D eigenvalue weighted by Crippen LogP contribution is -2.05. The Bertz CT molecular complexity index is 609. The van der Waals surface area contributed by atoms with Gasteiger partial charge < -0.3 is 5.73 Å². The van der Waals surface area contributed by atoms with Crippen molar-refractivity contribution in [2.45, 2.75) is 39.7 Å². The van der Waals surface area contributed by atoms with Crippen LogP contribution in [-0.4, -0.2) is 20.2 Å². The molecule has 1 aromatic heterocycles. The molecule has 2 rings (SSSR count). The van der Waals surface area contributed by atoms with Gasteiger partial charge >= 0.3 is 0 Å². The second-order valence-corrected chi connectivity index (χ2v) is 5.47. The maximum Gasteiger partial charge on any atom is 0.185 e. The Morgan fingerprint density at radius 2 is 1.95 bits per heavy atom. The van der Waals surface area contributed by atoms with E-state index >= 15 is 0 Å². The van der Waals surface area contributed by atoms with Crippen LogP contribution in [0.15, 0.2) is 12.1 Å². The minimum atomic E-state index is -0.785. The first-order chi connectivity index (χ1) is 9.99. The predicted molar refractivity (Wildman–Crippen MR) is 76.3 cm³/mol. The number of anilines is 1. The fraction of sp³-hybridized carbons (Fsp3) is 0.500. The Hall–Kier alpha value is -2.05. The van der Waals surface area contributed by atoms with Crippen molar-refractivity contribution in [1.82, 2.24) is 20.2 Å². The van der Waals surface area contributed by atoms with Crippen LogP contribution in [0, 0.1) is 17.6 Å². The fourth-order valence-electron chi connectivity index (χ4n) is 2.10. The normalized spacial score (nSPS) is 11.3. The number of nitrogen functional groups attached to an aromatic ring is 1. The van der Waals surface area contributed by atoms with Crippen LogP contribution in [0.5, 0.6) is 0 Å². The van der Waals surface area contributed by atoms with E-state index in [1.165, 1.54) is 10.7 Å². The second kappa shape index (κ2) is 6.60. The van der Waals surface area contributed by atoms with E-state index < -0.39 is 11.6 Å². The molecule has 0 fully saturated rings. The van der Waals surface area contributed by atoms with Crippen molar-refractivity contribution >= 4 is 5.69 Å². The summed E-state index contributed by atoms with van der Waals surface area (Å²) in [5.41, 5.74) is 5.47. The van der Waals surface area contributed by atoms with Gasteiger partial charge in [-0.3, -0.25) is 0 Å². The Kier molecular flexibility index (Phi) is 4.82. The van der Waals surface area contributed by atoms with Crippen LogP contribution in [0.2, 0.25) is 0 Å². The zero-order valence-electron chi connectivity index (χ0n) is 12.2. The molecular formula is C14H19F2N5. The van der Waals surface area contributed by atoms with E-state index in [0.717, 1.165) is 25.3 Å². The first-order valence-electron chi connectivity index (χ1n) is 7.00. The lowest BCUT2D eigenvalue weighted by atomic mass is 10.1. The minimum Gasteiger partial charge on any atom is -0.396 e. The number of hydrogen-bond donors (Lipinski definition) is 1. The molecule has 0 atom stereocenters. The summed E-state index contributed by atoms with van der Waals surface area (Å²) in [4.78, 5) is 0. The molecule has 1 heterocycles. The summed E-state index contributed by atoms with van der Waals surface area (Å²) in [7, 11) is 0. The van der Waals surface area contributed by atoms with Gasteiger partial charge in [-0.15, -0.1) is 5.10 Å². The molecule has 0 aliphatic rings. The van der Waals surface area contributed by atoms with Gasteiger partial charge in [0.2, 0.25) is 0 Å². The molecule has 0 amide bonds. The maximum absolute atomic E-state index is 13.9. The molecule has 0 saturated heterocycles. The van der Waals surface area contributed by atoms with Crippen LogP contribution in [0.25, 0.3) is 11.4 Å². The number of halogens is 2. The van der Waals surface area contributed by atoms with E-state index in [1.807, 2.05) is 0 Å². The molecule has 7 heteroatoms. The van der Waals surface area contributed by atoms with Gasteiger partial charge in [0.05, 0.1) is 11.3 Å². The molecule has 0 aliphatic heterocycles. The van der Waals surface area contributed by atoms with Crippen LogP contribution in [0.3, 0.4) is 0 Å². The third-order valence-corrected chi connectivity index (χ3v) is 3.26. The van der Waals surface area contributed by atoms with Gasteiger partial charge in [0.25, 0.3) is 0 Å². The molecule has 0 saturated carbocycles.